The maximum absolute atomic E-state index is 13.6. The number of carbonyl (C=O) groups is 2. The Kier molecular flexibility index (Phi) is 6.98. The molecule has 1 aliphatic heterocycles. The first-order chi connectivity index (χ1) is 16.3. The third-order valence-electron chi connectivity index (χ3n) is 5.87. The predicted molar refractivity (Wildman–Crippen MR) is 131 cm³/mol. The molecule has 1 aliphatic rings. The maximum Gasteiger partial charge on any atom is 0.329 e. The number of rotatable bonds is 6. The molecule has 0 saturated carbocycles. The van der Waals surface area contributed by atoms with Gasteiger partial charge < -0.3 is 10.2 Å². The average molecular weight is 478 g/mol. The normalized spacial score (nSPS) is 14.1. The van der Waals surface area contributed by atoms with Crippen molar-refractivity contribution in [2.75, 3.05) is 11.4 Å². The van der Waals surface area contributed by atoms with Gasteiger partial charge in [-0.25, -0.2) is 17.9 Å². The zero-order valence-corrected chi connectivity index (χ0v) is 19.7. The van der Waals surface area contributed by atoms with Crippen LogP contribution in [0.1, 0.15) is 23.1 Å². The summed E-state index contributed by atoms with van der Waals surface area (Å²) in [5.41, 5.74) is 3.27. The molecule has 7 nitrogen and oxygen atoms in total. The van der Waals surface area contributed by atoms with Gasteiger partial charge in [0.15, 0.2) is 0 Å². The van der Waals surface area contributed by atoms with Crippen molar-refractivity contribution in [3.8, 4) is 0 Å². The van der Waals surface area contributed by atoms with E-state index in [1.54, 1.807) is 30.0 Å². The maximum atomic E-state index is 13.6. The number of para-hydroxylation sites is 1. The number of sulfonamides is 1. The topological polar surface area (TPSA) is 95.6 Å². The first-order valence-corrected chi connectivity index (χ1v) is 12.7. The lowest BCUT2D eigenvalue weighted by atomic mass is 9.99. The van der Waals surface area contributed by atoms with Crippen molar-refractivity contribution in [2.45, 2.75) is 37.1 Å². The van der Waals surface area contributed by atoms with Crippen molar-refractivity contribution in [1.82, 2.24) is 10.0 Å². The lowest BCUT2D eigenvalue weighted by molar-refractivity contribution is -0.120. The molecule has 0 aromatic heterocycles. The molecule has 0 fully saturated rings. The summed E-state index contributed by atoms with van der Waals surface area (Å²) in [7, 11) is -4.09. The third kappa shape index (κ3) is 5.28. The van der Waals surface area contributed by atoms with Crippen molar-refractivity contribution in [2.24, 2.45) is 0 Å². The Morgan fingerprint density at radius 3 is 2.38 bits per heavy atom. The SMILES string of the molecule is Cc1ccccc1S(=O)(=O)NC(=O)N[C@@H](Cc1ccccc1)C(=O)N1CCCc2ccccc21. The Bertz CT molecular complexity index is 1290. The minimum atomic E-state index is -4.09. The fourth-order valence-corrected chi connectivity index (χ4v) is 5.39. The standard InChI is InChI=1S/C26H27N3O4S/c1-19-10-5-8-16-24(19)34(32,33)28-26(31)27-22(18-20-11-3-2-4-12-20)25(30)29-17-9-14-21-13-6-7-15-23(21)29/h2-8,10-13,15-16,22H,9,14,17-18H2,1H3,(H2,27,28,31)/t22-/m0/s1. The average Bonchev–Trinajstić information content (AvgIpc) is 2.83. The highest BCUT2D eigenvalue weighted by Gasteiger charge is 2.31. The van der Waals surface area contributed by atoms with E-state index in [1.807, 2.05) is 54.6 Å². The highest BCUT2D eigenvalue weighted by molar-refractivity contribution is 7.90. The molecular weight excluding hydrogens is 450 g/mol. The van der Waals surface area contributed by atoms with Crippen LogP contribution in [0.25, 0.3) is 0 Å². The fourth-order valence-electron chi connectivity index (χ4n) is 4.22. The number of anilines is 1. The summed E-state index contributed by atoms with van der Waals surface area (Å²) in [6.07, 6.45) is 1.93. The van der Waals surface area contributed by atoms with Crippen LogP contribution in [0.15, 0.2) is 83.8 Å². The molecule has 0 radical (unpaired) electrons. The van der Waals surface area contributed by atoms with Gasteiger partial charge in [-0.05, 0) is 48.6 Å². The molecule has 2 N–H and O–H groups in total. The largest absolute Gasteiger partial charge is 0.329 e. The Labute approximate surface area is 199 Å². The lowest BCUT2D eigenvalue weighted by Crippen LogP contribution is -2.54. The van der Waals surface area contributed by atoms with Crippen LogP contribution in [0.3, 0.4) is 0 Å². The highest BCUT2D eigenvalue weighted by Crippen LogP contribution is 2.27. The van der Waals surface area contributed by atoms with E-state index in [2.05, 4.69) is 10.0 Å². The summed E-state index contributed by atoms with van der Waals surface area (Å²) >= 11 is 0. The first kappa shape index (κ1) is 23.5. The number of nitrogens with one attached hydrogen (secondary N) is 2. The minimum absolute atomic E-state index is 0.0149. The summed E-state index contributed by atoms with van der Waals surface area (Å²) in [4.78, 5) is 28.1. The van der Waals surface area contributed by atoms with Gasteiger partial charge in [0.1, 0.15) is 6.04 Å². The van der Waals surface area contributed by atoms with Gasteiger partial charge >= 0.3 is 6.03 Å². The summed E-state index contributed by atoms with van der Waals surface area (Å²) < 4.78 is 27.6. The van der Waals surface area contributed by atoms with Gasteiger partial charge in [-0.3, -0.25) is 4.79 Å². The van der Waals surface area contributed by atoms with E-state index >= 15 is 0 Å². The van der Waals surface area contributed by atoms with Gasteiger partial charge in [0.05, 0.1) is 4.90 Å². The Morgan fingerprint density at radius 2 is 1.62 bits per heavy atom. The number of amides is 3. The number of hydrogen-bond donors (Lipinski definition) is 2. The van der Waals surface area contributed by atoms with Gasteiger partial charge in [0.25, 0.3) is 10.0 Å². The Balaban J connectivity index is 1.57. The monoisotopic (exact) mass is 477 g/mol. The van der Waals surface area contributed by atoms with Crippen molar-refractivity contribution in [3.05, 3.63) is 95.6 Å². The predicted octanol–water partition coefficient (Wildman–Crippen LogP) is 3.57. The van der Waals surface area contributed by atoms with Crippen molar-refractivity contribution < 1.29 is 18.0 Å². The van der Waals surface area contributed by atoms with Crippen molar-refractivity contribution in [1.29, 1.82) is 0 Å². The van der Waals surface area contributed by atoms with Crippen LogP contribution >= 0.6 is 0 Å². The number of benzene rings is 3. The highest BCUT2D eigenvalue weighted by atomic mass is 32.2. The quantitative estimate of drug-likeness (QED) is 0.567. The van der Waals surface area contributed by atoms with Crippen LogP contribution < -0.4 is 14.9 Å². The Morgan fingerprint density at radius 1 is 0.941 bits per heavy atom. The van der Waals surface area contributed by atoms with E-state index in [0.29, 0.717) is 12.1 Å². The van der Waals surface area contributed by atoms with Crippen LogP contribution in [0.4, 0.5) is 10.5 Å². The van der Waals surface area contributed by atoms with Gasteiger partial charge in [0, 0.05) is 18.7 Å². The summed E-state index contributed by atoms with van der Waals surface area (Å²) in [6.45, 7) is 2.19. The third-order valence-corrected chi connectivity index (χ3v) is 7.36. The van der Waals surface area contributed by atoms with Gasteiger partial charge in [-0.15, -0.1) is 0 Å². The van der Waals surface area contributed by atoms with E-state index in [1.165, 1.54) is 6.07 Å². The van der Waals surface area contributed by atoms with Gasteiger partial charge in [-0.1, -0.05) is 66.7 Å². The van der Waals surface area contributed by atoms with Crippen LogP contribution in [0.5, 0.6) is 0 Å². The number of urea groups is 1. The summed E-state index contributed by atoms with van der Waals surface area (Å²) in [5.74, 6) is -0.278. The molecule has 0 spiro atoms. The minimum Gasteiger partial charge on any atom is -0.325 e. The smallest absolute Gasteiger partial charge is 0.325 e. The second kappa shape index (κ2) is 10.1. The van der Waals surface area contributed by atoms with Crippen LogP contribution in [0.2, 0.25) is 0 Å². The number of aryl methyl sites for hydroxylation is 2. The van der Waals surface area contributed by atoms with E-state index in [9.17, 15) is 18.0 Å². The van der Waals surface area contributed by atoms with Crippen molar-refractivity contribution in [3.63, 3.8) is 0 Å². The first-order valence-electron chi connectivity index (χ1n) is 11.2. The van der Waals surface area contributed by atoms with Gasteiger partial charge in [-0.2, -0.15) is 0 Å². The summed E-state index contributed by atoms with van der Waals surface area (Å²) in [5, 5.41) is 2.62. The molecule has 0 bridgehead atoms. The molecule has 8 heteroatoms. The molecule has 4 rings (SSSR count). The number of carbonyl (C=O) groups excluding carboxylic acids is 2. The molecule has 1 atom stereocenters. The van der Waals surface area contributed by atoms with Crippen molar-refractivity contribution >= 4 is 27.6 Å². The second-order valence-corrected chi connectivity index (χ2v) is 9.96. The van der Waals surface area contributed by atoms with E-state index in [0.717, 1.165) is 29.7 Å². The number of nitrogens with zero attached hydrogens (tertiary/aromatic N) is 1. The molecule has 3 aromatic rings. The van der Waals surface area contributed by atoms with Crippen LogP contribution in [-0.4, -0.2) is 32.9 Å². The molecule has 176 valence electrons. The number of hydrogen-bond acceptors (Lipinski definition) is 4. The number of fused-ring (bicyclic) bond motifs is 1. The summed E-state index contributed by atoms with van der Waals surface area (Å²) in [6, 6.07) is 21.6. The molecule has 0 unspecified atom stereocenters. The van der Waals surface area contributed by atoms with E-state index < -0.39 is 22.1 Å². The second-order valence-electron chi connectivity index (χ2n) is 8.31. The molecule has 0 aliphatic carbocycles. The van der Waals surface area contributed by atoms with Crippen LogP contribution in [-0.2, 0) is 27.7 Å². The zero-order valence-electron chi connectivity index (χ0n) is 18.9. The molecule has 0 saturated heterocycles. The van der Waals surface area contributed by atoms with Crippen LogP contribution in [0, 0.1) is 6.92 Å². The molecule has 3 amide bonds. The molecule has 3 aromatic carbocycles. The zero-order chi connectivity index (χ0) is 24.1. The van der Waals surface area contributed by atoms with E-state index in [4.69, 9.17) is 0 Å². The lowest BCUT2D eigenvalue weighted by Gasteiger charge is -2.32. The molecular formula is C26H27N3O4S. The van der Waals surface area contributed by atoms with E-state index in [-0.39, 0.29) is 17.2 Å². The Hall–Kier alpha value is -3.65. The van der Waals surface area contributed by atoms with Gasteiger partial charge in [0.2, 0.25) is 5.91 Å². The molecule has 1 heterocycles. The fraction of sp³-hybridized carbons (Fsp3) is 0.231. The molecule has 34 heavy (non-hydrogen) atoms.